The van der Waals surface area contributed by atoms with Gasteiger partial charge in [0.25, 0.3) is 5.91 Å². The van der Waals surface area contributed by atoms with E-state index in [0.717, 1.165) is 5.56 Å². The molecule has 2 aromatic rings. The maximum atomic E-state index is 12.4. The van der Waals surface area contributed by atoms with E-state index in [1.807, 2.05) is 37.3 Å². The van der Waals surface area contributed by atoms with Crippen LogP contribution >= 0.6 is 0 Å². The van der Waals surface area contributed by atoms with Crippen LogP contribution in [0.2, 0.25) is 0 Å². The van der Waals surface area contributed by atoms with Crippen molar-refractivity contribution in [1.29, 1.82) is 0 Å². The molecule has 0 bridgehead atoms. The number of nitrogens with one attached hydrogen (secondary N) is 1. The van der Waals surface area contributed by atoms with Crippen LogP contribution in [0.1, 0.15) is 51.5 Å². The van der Waals surface area contributed by atoms with Crippen LogP contribution < -0.4 is 0 Å². The summed E-state index contributed by atoms with van der Waals surface area (Å²) in [5, 5.41) is 0. The average Bonchev–Trinajstić information content (AvgIpc) is 2.99. The molecule has 1 heterocycles. The fraction of sp³-hybridized carbons (Fsp3) is 0.381. The minimum absolute atomic E-state index is 0.152. The third-order valence-electron chi connectivity index (χ3n) is 4.40. The second-order valence-corrected chi connectivity index (χ2v) is 6.32. The zero-order valence-electron chi connectivity index (χ0n) is 16.7. The highest BCUT2D eigenvalue weighted by Crippen LogP contribution is 2.20. The lowest BCUT2D eigenvalue weighted by Gasteiger charge is -2.20. The summed E-state index contributed by atoms with van der Waals surface area (Å²) in [6.07, 6.45) is 0. The molecule has 0 aliphatic rings. The van der Waals surface area contributed by atoms with E-state index >= 15 is 0 Å². The number of likely N-dealkylation sites (N-methyl/N-ethyl adjacent to an activating group) is 1. The minimum Gasteiger partial charge on any atom is -0.462 e. The zero-order valence-corrected chi connectivity index (χ0v) is 16.7. The van der Waals surface area contributed by atoms with Crippen molar-refractivity contribution in [3.05, 3.63) is 58.4 Å². The summed E-state index contributed by atoms with van der Waals surface area (Å²) in [7, 11) is 0. The van der Waals surface area contributed by atoms with Crippen molar-refractivity contribution in [2.75, 3.05) is 19.8 Å². The van der Waals surface area contributed by atoms with Crippen LogP contribution in [-0.2, 0) is 20.8 Å². The number of H-pyrrole nitrogens is 1. The third-order valence-corrected chi connectivity index (χ3v) is 4.40. The smallest absolute Gasteiger partial charge is 0.355 e. The summed E-state index contributed by atoms with van der Waals surface area (Å²) in [5.74, 6) is -1.46. The number of amides is 1. The van der Waals surface area contributed by atoms with E-state index in [1.165, 1.54) is 0 Å². The molecule has 28 heavy (non-hydrogen) atoms. The second kappa shape index (κ2) is 9.73. The summed E-state index contributed by atoms with van der Waals surface area (Å²) in [6, 6.07) is 9.60. The summed E-state index contributed by atoms with van der Waals surface area (Å²) >= 11 is 0. The van der Waals surface area contributed by atoms with Crippen LogP contribution in [-0.4, -0.2) is 47.5 Å². The fourth-order valence-electron chi connectivity index (χ4n) is 2.93. The van der Waals surface area contributed by atoms with Gasteiger partial charge in [-0.3, -0.25) is 4.79 Å². The number of benzene rings is 1. The first kappa shape index (κ1) is 21.2. The van der Waals surface area contributed by atoms with Crippen molar-refractivity contribution in [2.45, 2.75) is 34.2 Å². The van der Waals surface area contributed by atoms with Crippen molar-refractivity contribution in [2.24, 2.45) is 0 Å². The predicted molar refractivity (Wildman–Crippen MR) is 104 cm³/mol. The van der Waals surface area contributed by atoms with Gasteiger partial charge in [0.2, 0.25) is 0 Å². The SMILES string of the molecule is CCOC(=O)c1c(C)[nH]c(C(=O)OCC(=O)N(CC)Cc2ccccc2)c1C. The molecule has 7 nitrogen and oxygen atoms in total. The number of hydrogen-bond acceptors (Lipinski definition) is 5. The molecule has 7 heteroatoms. The van der Waals surface area contributed by atoms with Crippen molar-refractivity contribution >= 4 is 17.8 Å². The van der Waals surface area contributed by atoms with Crippen LogP contribution in [0.25, 0.3) is 0 Å². The molecule has 2 rings (SSSR count). The fourth-order valence-corrected chi connectivity index (χ4v) is 2.93. The Hall–Kier alpha value is -3.09. The zero-order chi connectivity index (χ0) is 20.7. The van der Waals surface area contributed by atoms with E-state index in [2.05, 4.69) is 4.98 Å². The molecular weight excluding hydrogens is 360 g/mol. The van der Waals surface area contributed by atoms with Gasteiger partial charge in [-0.2, -0.15) is 0 Å². The largest absolute Gasteiger partial charge is 0.462 e. The molecular formula is C21H26N2O5. The molecule has 1 aromatic carbocycles. The van der Waals surface area contributed by atoms with Gasteiger partial charge < -0.3 is 19.4 Å². The summed E-state index contributed by atoms with van der Waals surface area (Å²) in [6.45, 7) is 7.72. The highest BCUT2D eigenvalue weighted by atomic mass is 16.5. The number of rotatable bonds is 8. The van der Waals surface area contributed by atoms with E-state index in [4.69, 9.17) is 9.47 Å². The summed E-state index contributed by atoms with van der Waals surface area (Å²) in [5.41, 5.74) is 2.44. The Labute approximate surface area is 164 Å². The van der Waals surface area contributed by atoms with Crippen LogP contribution in [0.15, 0.2) is 30.3 Å². The Bertz CT molecular complexity index is 842. The molecule has 0 fully saturated rings. The molecule has 1 aromatic heterocycles. The molecule has 0 aliphatic carbocycles. The number of carbonyl (C=O) groups excluding carboxylic acids is 3. The Morgan fingerprint density at radius 1 is 1.00 bits per heavy atom. The van der Waals surface area contributed by atoms with Crippen LogP contribution in [0.3, 0.4) is 0 Å². The first-order chi connectivity index (χ1) is 13.4. The van der Waals surface area contributed by atoms with E-state index < -0.39 is 11.9 Å². The number of aromatic nitrogens is 1. The van der Waals surface area contributed by atoms with Crippen molar-refractivity contribution in [1.82, 2.24) is 9.88 Å². The van der Waals surface area contributed by atoms with E-state index in [-0.39, 0.29) is 24.8 Å². The Balaban J connectivity index is 2.02. The summed E-state index contributed by atoms with van der Waals surface area (Å²) < 4.78 is 10.2. The maximum absolute atomic E-state index is 12.4. The normalized spacial score (nSPS) is 10.4. The predicted octanol–water partition coefficient (Wildman–Crippen LogP) is 3.01. The second-order valence-electron chi connectivity index (χ2n) is 6.32. The van der Waals surface area contributed by atoms with Crippen LogP contribution in [0.4, 0.5) is 0 Å². The number of nitrogens with zero attached hydrogens (tertiary/aromatic N) is 1. The van der Waals surface area contributed by atoms with Crippen molar-refractivity contribution in [3.8, 4) is 0 Å². The molecule has 0 saturated carbocycles. The number of carbonyl (C=O) groups is 3. The molecule has 0 aliphatic heterocycles. The molecule has 0 atom stereocenters. The maximum Gasteiger partial charge on any atom is 0.355 e. The first-order valence-electron chi connectivity index (χ1n) is 9.24. The standard InChI is InChI=1S/C21H26N2O5/c1-5-23(12-16-10-8-7-9-11-16)17(24)13-28-21(26)19-14(3)18(15(4)22-19)20(25)27-6-2/h7-11,22H,5-6,12-13H2,1-4H3. The minimum atomic E-state index is -0.680. The van der Waals surface area contributed by atoms with Gasteiger partial charge in [0.1, 0.15) is 5.69 Å². The highest BCUT2D eigenvalue weighted by molar-refractivity contribution is 5.99. The molecule has 0 unspecified atom stereocenters. The molecule has 0 radical (unpaired) electrons. The van der Waals surface area contributed by atoms with Gasteiger partial charge in [0.15, 0.2) is 6.61 Å². The topological polar surface area (TPSA) is 88.7 Å². The number of aryl methyl sites for hydroxylation is 1. The van der Waals surface area contributed by atoms with Gasteiger partial charge in [0, 0.05) is 18.8 Å². The Morgan fingerprint density at radius 2 is 1.68 bits per heavy atom. The number of esters is 2. The van der Waals surface area contributed by atoms with E-state index in [9.17, 15) is 14.4 Å². The van der Waals surface area contributed by atoms with Crippen molar-refractivity contribution < 1.29 is 23.9 Å². The van der Waals surface area contributed by atoms with E-state index in [1.54, 1.807) is 25.7 Å². The van der Waals surface area contributed by atoms with Crippen molar-refractivity contribution in [3.63, 3.8) is 0 Å². The molecule has 1 amide bonds. The molecule has 150 valence electrons. The van der Waals surface area contributed by atoms with Gasteiger partial charge in [-0.15, -0.1) is 0 Å². The number of aromatic amines is 1. The highest BCUT2D eigenvalue weighted by Gasteiger charge is 2.24. The van der Waals surface area contributed by atoms with Gasteiger partial charge in [-0.1, -0.05) is 30.3 Å². The lowest BCUT2D eigenvalue weighted by atomic mass is 10.1. The van der Waals surface area contributed by atoms with E-state index in [0.29, 0.717) is 29.9 Å². The van der Waals surface area contributed by atoms with Gasteiger partial charge >= 0.3 is 11.9 Å². The lowest BCUT2D eigenvalue weighted by molar-refractivity contribution is -0.135. The van der Waals surface area contributed by atoms with Gasteiger partial charge in [0.05, 0.1) is 12.2 Å². The number of ether oxygens (including phenoxy) is 2. The molecule has 1 N–H and O–H groups in total. The van der Waals surface area contributed by atoms with Gasteiger partial charge in [-0.05, 0) is 38.8 Å². The molecule has 0 saturated heterocycles. The van der Waals surface area contributed by atoms with Crippen LogP contribution in [0.5, 0.6) is 0 Å². The Kier molecular flexibility index (Phi) is 7.37. The first-order valence-corrected chi connectivity index (χ1v) is 9.24. The number of hydrogen-bond donors (Lipinski definition) is 1. The molecule has 0 spiro atoms. The lowest BCUT2D eigenvalue weighted by Crippen LogP contribution is -2.34. The third kappa shape index (κ3) is 5.00. The Morgan fingerprint density at radius 3 is 2.29 bits per heavy atom. The quantitative estimate of drug-likeness (QED) is 0.705. The van der Waals surface area contributed by atoms with Gasteiger partial charge in [-0.25, -0.2) is 9.59 Å². The monoisotopic (exact) mass is 386 g/mol. The van der Waals surface area contributed by atoms with Crippen LogP contribution in [0, 0.1) is 13.8 Å². The average molecular weight is 386 g/mol. The summed E-state index contributed by atoms with van der Waals surface area (Å²) in [4.78, 5) is 41.3.